The maximum absolute atomic E-state index is 15.2. The predicted molar refractivity (Wildman–Crippen MR) is 460 cm³/mol. The van der Waals surface area contributed by atoms with Gasteiger partial charge in [0.05, 0.1) is 37.2 Å². The van der Waals surface area contributed by atoms with Gasteiger partial charge < -0.3 is 115 Å². The number of urea groups is 1. The fourth-order valence-electron chi connectivity index (χ4n) is 13.8. The number of rotatable bonds is 52. The largest absolute Gasteiger partial charge is 0.508 e. The van der Waals surface area contributed by atoms with Gasteiger partial charge in [0.2, 0.25) is 41.4 Å². The number of nitrogen functional groups attached to an aromatic ring is 1. The Morgan fingerprint density at radius 1 is 0.371 bits per heavy atom. The van der Waals surface area contributed by atoms with Crippen molar-refractivity contribution in [3.63, 3.8) is 0 Å². The van der Waals surface area contributed by atoms with E-state index in [0.29, 0.717) is 27.8 Å². The van der Waals surface area contributed by atoms with E-state index < -0.39 is 267 Å². The van der Waals surface area contributed by atoms with Crippen molar-refractivity contribution in [2.75, 3.05) is 90.8 Å². The summed E-state index contributed by atoms with van der Waals surface area (Å²) in [6, 6.07) is 10.9. The number of carboxylic acids is 11. The average molecular weight is 1850 g/mol. The molecule has 6 rings (SSSR count). The van der Waals surface area contributed by atoms with E-state index in [0.717, 1.165) is 23.6 Å². The van der Waals surface area contributed by atoms with Crippen molar-refractivity contribution in [2.24, 2.45) is 4.99 Å². The number of anilines is 1. The SMILES string of the molecule is Nc1ccc(C[C@H](NC(=O)CCC(C(=O)O)N2CCN(CC(=O)O)CCN(CC(=O)O)CCN(CC(=O)O)CC2)C(=O)N[C@H](Cc2ccc(O)cc2)C(=O)N[C@H](Cc2ccc3ccccc3c2)C(=O)N[C@H](CCCCNC(=O)[C@@H](CC(=O)NCCCC(=NC(=O)CC[C@H](NC(=O)N[C@@H](CCC(=O)O)C(=O)O)C(=O)O)C(=O)O)NC(=O)c2cc(C(=O)O)cc(C(=O)O)c2)C(=O)O)cc1. The van der Waals surface area contributed by atoms with Crippen LogP contribution in [0.5, 0.6) is 5.75 Å². The van der Waals surface area contributed by atoms with Gasteiger partial charge in [-0.3, -0.25) is 81.9 Å². The number of nitrogens with one attached hydrogen (secondary N) is 9. The third kappa shape index (κ3) is 37.7. The highest BCUT2D eigenvalue weighted by Crippen LogP contribution is 2.21. The van der Waals surface area contributed by atoms with Crippen molar-refractivity contribution in [2.45, 2.75) is 145 Å². The zero-order valence-corrected chi connectivity index (χ0v) is 71.2. The second-order valence-corrected chi connectivity index (χ2v) is 30.8. The molecule has 0 aliphatic carbocycles. The molecule has 23 N–H and O–H groups in total. The first-order valence-electron chi connectivity index (χ1n) is 41.4. The van der Waals surface area contributed by atoms with Crippen molar-refractivity contribution in [1.29, 1.82) is 0 Å². The molecule has 1 saturated heterocycles. The summed E-state index contributed by atoms with van der Waals surface area (Å²) in [4.78, 5) is 268. The van der Waals surface area contributed by atoms with Gasteiger partial charge in [-0.05, 0) is 121 Å². The lowest BCUT2D eigenvalue weighted by Gasteiger charge is -2.35. The number of aliphatic imine (C=N–C) groups is 1. The molecular weight excluding hydrogens is 1740 g/mol. The van der Waals surface area contributed by atoms with E-state index in [4.69, 9.17) is 10.8 Å². The number of hydrogen-bond acceptors (Lipinski definition) is 26. The number of unbranched alkanes of at least 4 members (excludes halogenated alkanes) is 1. The number of carboxylic acid groups (broad SMARTS) is 11. The molecule has 132 heavy (non-hydrogen) atoms. The highest BCUT2D eigenvalue weighted by atomic mass is 16.4. The Balaban J connectivity index is 1.19. The second kappa shape index (κ2) is 53.0. The number of phenols is 1. The van der Waals surface area contributed by atoms with E-state index in [-0.39, 0.29) is 110 Å². The number of carbonyl (C=O) groups is 20. The van der Waals surface area contributed by atoms with Crippen LogP contribution in [-0.4, -0.2) is 339 Å². The molecule has 1 fully saturated rings. The minimum atomic E-state index is -1.88. The molecule has 47 nitrogen and oxygen atoms in total. The first-order chi connectivity index (χ1) is 62.5. The molecule has 5 aromatic carbocycles. The minimum absolute atomic E-state index is 0.0161. The molecule has 0 radical (unpaired) electrons. The molecule has 10 amide bonds. The maximum atomic E-state index is 15.2. The van der Waals surface area contributed by atoms with E-state index >= 15 is 9.59 Å². The van der Waals surface area contributed by atoms with Crippen LogP contribution >= 0.6 is 0 Å². The van der Waals surface area contributed by atoms with E-state index in [9.17, 15) is 142 Å². The van der Waals surface area contributed by atoms with Crippen LogP contribution in [0.3, 0.4) is 0 Å². The average Bonchev–Trinajstić information content (AvgIpc) is 0.828. The standard InChI is InChI=1S/C85H105N15O32/c86-55-16-11-47(12-17-55)37-61(90-67(103)24-22-65(84(130)131)100-34-32-98(45-71(109)110)30-28-97(44-70(107)108)29-31-99(33-35-100)46-72(111)112)75(115)93-62(38-48-13-18-56(101)19-14-48)77(117)94-63(39-49-10-15-50-6-1-2-7-51(50)36-49)76(116)91-58(81(124)125)8-3-4-26-88-74(114)64(92-73(113)52-40-53(78(118)119)42-54(41-52)79(120)121)43-68(104)87-27-5-9-57(80(122)123)89-66(102)23-20-59(82(126)127)95-85(132)96-60(83(128)129)21-25-69(105)106/h1-2,6-7,10-19,36,40-42,58-65,101H,3-5,8-9,20-35,37-39,43-46,86H2,(H,87,104)(H,88,114)(H,90,103)(H,91,116)(H,92,113)(H,93,115)(H,94,117)(H,105,106)(H,107,108)(H,109,110)(H,111,112)(H,118,119)(H,120,121)(H,122,123)(H,124,125)(H,126,127)(H,128,129)(H,130,131)(H2,95,96,132)/t58-,59+,60+,61+,62-,63-,64-,65?/m1/s1. The highest BCUT2D eigenvalue weighted by molar-refractivity contribution is 6.37. The van der Waals surface area contributed by atoms with E-state index in [1.807, 2.05) is 10.6 Å². The van der Waals surface area contributed by atoms with Crippen LogP contribution in [0.25, 0.3) is 10.8 Å². The Labute approximate surface area is 751 Å². The summed E-state index contributed by atoms with van der Waals surface area (Å²) in [5, 5.41) is 141. The molecule has 0 spiro atoms. The number of hydrogen-bond donors (Lipinski definition) is 22. The van der Waals surface area contributed by atoms with Crippen molar-refractivity contribution in [3.8, 4) is 5.75 Å². The number of aromatic carboxylic acids is 2. The molecule has 5 aromatic rings. The predicted octanol–water partition coefficient (Wildman–Crippen LogP) is -1.44. The summed E-state index contributed by atoms with van der Waals surface area (Å²) in [5.74, 6) is -25.3. The third-order valence-electron chi connectivity index (χ3n) is 20.7. The molecule has 8 atom stereocenters. The maximum Gasteiger partial charge on any atom is 0.350 e. The molecule has 0 bridgehead atoms. The first-order valence-corrected chi connectivity index (χ1v) is 41.4. The van der Waals surface area contributed by atoms with Crippen molar-refractivity contribution >= 4 is 141 Å². The number of nitrogens with zero attached hydrogens (tertiary/aromatic N) is 5. The first kappa shape index (κ1) is 106. The number of benzene rings is 5. The zero-order chi connectivity index (χ0) is 97.4. The molecule has 1 heterocycles. The van der Waals surface area contributed by atoms with Crippen molar-refractivity contribution in [1.82, 2.24) is 67.5 Å². The lowest BCUT2D eigenvalue weighted by Crippen LogP contribution is -2.59. The second-order valence-electron chi connectivity index (χ2n) is 30.8. The Morgan fingerprint density at radius 2 is 0.818 bits per heavy atom. The Kier molecular flexibility index (Phi) is 42.4. The van der Waals surface area contributed by atoms with Crippen molar-refractivity contribution in [3.05, 3.63) is 143 Å². The summed E-state index contributed by atoms with van der Waals surface area (Å²) < 4.78 is 0. The van der Waals surface area contributed by atoms with Gasteiger partial charge >= 0.3 is 71.7 Å². The minimum Gasteiger partial charge on any atom is -0.508 e. The van der Waals surface area contributed by atoms with Gasteiger partial charge in [-0.1, -0.05) is 66.7 Å². The van der Waals surface area contributed by atoms with Crippen LogP contribution in [0, 0.1) is 0 Å². The molecule has 1 unspecified atom stereocenters. The number of amides is 10. The number of carbonyl (C=O) groups excluding carboxylic acids is 9. The summed E-state index contributed by atoms with van der Waals surface area (Å²) in [5.41, 5.74) is 4.75. The van der Waals surface area contributed by atoms with Crippen LogP contribution in [0.1, 0.15) is 125 Å². The fraction of sp³-hybridized carbons (Fsp3) is 0.424. The monoisotopic (exact) mass is 1850 g/mol. The molecule has 0 aromatic heterocycles. The zero-order valence-electron chi connectivity index (χ0n) is 71.2. The topological polar surface area (TPSA) is 744 Å². The number of fused-ring (bicyclic) bond motifs is 1. The van der Waals surface area contributed by atoms with E-state index in [1.54, 1.807) is 54.6 Å². The fourth-order valence-corrected chi connectivity index (χ4v) is 13.8. The lowest BCUT2D eigenvalue weighted by atomic mass is 9.99. The van der Waals surface area contributed by atoms with Gasteiger partial charge in [-0.15, -0.1) is 0 Å². The third-order valence-corrected chi connectivity index (χ3v) is 20.7. The van der Waals surface area contributed by atoms with Gasteiger partial charge in [-0.25, -0.2) is 38.6 Å². The Hall–Kier alpha value is -15.1. The summed E-state index contributed by atoms with van der Waals surface area (Å²) in [6.45, 7) is -2.52. The van der Waals surface area contributed by atoms with Crippen LogP contribution in [0.4, 0.5) is 10.5 Å². The Morgan fingerprint density at radius 3 is 1.30 bits per heavy atom. The lowest BCUT2D eigenvalue weighted by molar-refractivity contribution is -0.145. The van der Waals surface area contributed by atoms with Crippen molar-refractivity contribution < 1.29 is 157 Å². The van der Waals surface area contributed by atoms with Crippen LogP contribution in [0.2, 0.25) is 0 Å². The summed E-state index contributed by atoms with van der Waals surface area (Å²) in [7, 11) is 0. The van der Waals surface area contributed by atoms with Gasteiger partial charge in [0, 0.05) is 115 Å². The summed E-state index contributed by atoms with van der Waals surface area (Å²) >= 11 is 0. The molecule has 47 heteroatoms. The van der Waals surface area contributed by atoms with Gasteiger partial charge in [0.25, 0.3) is 5.91 Å². The van der Waals surface area contributed by atoms with Crippen LogP contribution in [-0.2, 0) is 96.0 Å². The van der Waals surface area contributed by atoms with Crippen LogP contribution in [0.15, 0.2) is 114 Å². The highest BCUT2D eigenvalue weighted by Gasteiger charge is 2.36. The number of phenolic OH excluding ortho intramolecular Hbond substituents is 1. The quantitative estimate of drug-likeness (QED) is 0.0120. The van der Waals surface area contributed by atoms with E-state index in [1.165, 1.54) is 56.0 Å². The normalized spacial score (nSPS) is 14.8. The van der Waals surface area contributed by atoms with E-state index in [2.05, 4.69) is 42.2 Å². The van der Waals surface area contributed by atoms with Gasteiger partial charge in [-0.2, -0.15) is 0 Å². The Bertz CT molecular complexity index is 4990. The summed E-state index contributed by atoms with van der Waals surface area (Å²) in [6.07, 6.45) is -7.19. The molecule has 0 saturated carbocycles. The molecule has 712 valence electrons. The van der Waals surface area contributed by atoms with Gasteiger partial charge in [0.15, 0.2) is 0 Å². The molecular formula is C85H105N15O32. The molecule has 1 aliphatic rings. The van der Waals surface area contributed by atoms with Gasteiger partial charge in [0.1, 0.15) is 59.8 Å². The smallest absolute Gasteiger partial charge is 0.350 e. The number of aliphatic carboxylic acids is 9. The number of aromatic hydroxyl groups is 1. The molecule has 1 aliphatic heterocycles. The van der Waals surface area contributed by atoms with Crippen LogP contribution < -0.4 is 53.6 Å². The number of nitrogens with two attached hydrogens (primary N) is 1.